The van der Waals surface area contributed by atoms with Crippen LogP contribution in [0, 0.1) is 13.8 Å². The smallest absolute Gasteiger partial charge is 0.272 e. The third-order valence-corrected chi connectivity index (χ3v) is 6.05. The van der Waals surface area contributed by atoms with Crippen LogP contribution in [0.3, 0.4) is 0 Å². The molecule has 0 atom stereocenters. The van der Waals surface area contributed by atoms with Crippen LogP contribution in [-0.4, -0.2) is 40.4 Å². The zero-order chi connectivity index (χ0) is 18.8. The molecule has 0 bridgehead atoms. The van der Waals surface area contributed by atoms with Crippen molar-refractivity contribution in [2.75, 3.05) is 29.9 Å². The van der Waals surface area contributed by atoms with Crippen LogP contribution in [0.5, 0.6) is 0 Å². The Morgan fingerprint density at radius 3 is 2.63 bits per heavy atom. The maximum atomic E-state index is 13.0. The number of pyridine rings is 1. The van der Waals surface area contributed by atoms with E-state index in [1.54, 1.807) is 0 Å². The molecule has 0 spiro atoms. The first-order valence-electron chi connectivity index (χ1n) is 9.23. The predicted molar refractivity (Wildman–Crippen MR) is 114 cm³/mol. The Kier molecular flexibility index (Phi) is 5.03. The number of hydrogen-bond donors (Lipinski definition) is 1. The lowest BCUT2D eigenvalue weighted by molar-refractivity contribution is 0.0767. The highest BCUT2D eigenvalue weighted by atomic mass is 32.2. The molecule has 2 heterocycles. The van der Waals surface area contributed by atoms with Gasteiger partial charge in [-0.25, -0.2) is 4.98 Å². The largest absolute Gasteiger partial charge is 0.355 e. The highest BCUT2D eigenvalue weighted by Gasteiger charge is 2.21. The maximum absolute atomic E-state index is 13.0. The van der Waals surface area contributed by atoms with Crippen LogP contribution in [0.1, 0.15) is 21.6 Å². The monoisotopic (exact) mass is 377 g/mol. The first-order chi connectivity index (χ1) is 13.1. The van der Waals surface area contributed by atoms with E-state index < -0.39 is 0 Å². The van der Waals surface area contributed by atoms with Crippen molar-refractivity contribution in [1.29, 1.82) is 0 Å². The average Bonchev–Trinajstić information content (AvgIpc) is 2.71. The van der Waals surface area contributed by atoms with E-state index in [1.165, 1.54) is 11.1 Å². The normalized spacial score (nSPS) is 14.4. The van der Waals surface area contributed by atoms with Crippen LogP contribution < -0.4 is 5.32 Å². The Labute approximate surface area is 164 Å². The second-order valence-electron chi connectivity index (χ2n) is 6.85. The summed E-state index contributed by atoms with van der Waals surface area (Å²) in [5, 5.41) is 4.56. The number of amides is 1. The molecule has 5 heteroatoms. The van der Waals surface area contributed by atoms with Crippen LogP contribution in [0.2, 0.25) is 0 Å². The molecule has 1 aromatic heterocycles. The first kappa shape index (κ1) is 17.9. The van der Waals surface area contributed by atoms with E-state index in [0.29, 0.717) is 5.69 Å². The molecule has 1 saturated heterocycles. The molecule has 4 nitrogen and oxygen atoms in total. The van der Waals surface area contributed by atoms with Crippen molar-refractivity contribution in [3.8, 4) is 0 Å². The lowest BCUT2D eigenvalue weighted by Gasteiger charge is -2.26. The zero-order valence-corrected chi connectivity index (χ0v) is 16.5. The van der Waals surface area contributed by atoms with E-state index in [-0.39, 0.29) is 5.91 Å². The van der Waals surface area contributed by atoms with E-state index in [2.05, 4.69) is 36.3 Å². The van der Waals surface area contributed by atoms with Crippen molar-refractivity contribution < 1.29 is 4.79 Å². The fraction of sp³-hybridized carbons (Fsp3) is 0.273. The number of anilines is 2. The molecule has 3 aromatic rings. The highest BCUT2D eigenvalue weighted by Crippen LogP contribution is 2.29. The second-order valence-corrected chi connectivity index (χ2v) is 8.07. The Balaban J connectivity index is 1.76. The third-order valence-electron chi connectivity index (χ3n) is 5.11. The zero-order valence-electron chi connectivity index (χ0n) is 15.7. The summed E-state index contributed by atoms with van der Waals surface area (Å²) in [6.45, 7) is 5.79. The quantitative estimate of drug-likeness (QED) is 0.713. The molecular weight excluding hydrogens is 354 g/mol. The number of nitrogens with zero attached hydrogens (tertiary/aromatic N) is 2. The molecule has 0 radical (unpaired) electrons. The Bertz CT molecular complexity index is 996. The molecule has 1 fully saturated rings. The molecule has 1 amide bonds. The first-order valence-corrected chi connectivity index (χ1v) is 10.4. The standard InChI is InChI=1S/C22H23N3OS/c1-15-6-5-9-18(16(15)2)23-20-14-21(22(26)25-10-12-27-13-11-25)24-19-8-4-3-7-17(19)20/h3-9,14H,10-13H2,1-2H3,(H,23,24). The van der Waals surface area contributed by atoms with Gasteiger partial charge in [0.15, 0.2) is 0 Å². The minimum Gasteiger partial charge on any atom is -0.355 e. The summed E-state index contributed by atoms with van der Waals surface area (Å²) in [5.74, 6) is 2.00. The van der Waals surface area contributed by atoms with Gasteiger partial charge in [0, 0.05) is 35.7 Å². The summed E-state index contributed by atoms with van der Waals surface area (Å²) in [6, 6.07) is 16.1. The SMILES string of the molecule is Cc1cccc(Nc2cc(C(=O)N3CCSCC3)nc3ccccc23)c1C. The van der Waals surface area contributed by atoms with Crippen molar-refractivity contribution in [2.45, 2.75) is 13.8 Å². The number of thioether (sulfide) groups is 1. The van der Waals surface area contributed by atoms with Crippen molar-refractivity contribution in [2.24, 2.45) is 0 Å². The molecular formula is C22H23N3OS. The summed E-state index contributed by atoms with van der Waals surface area (Å²) < 4.78 is 0. The number of benzene rings is 2. The van der Waals surface area contributed by atoms with Gasteiger partial charge in [-0.3, -0.25) is 4.79 Å². The Hall–Kier alpha value is -2.53. The van der Waals surface area contributed by atoms with Crippen molar-refractivity contribution >= 4 is 39.9 Å². The number of carbonyl (C=O) groups excluding carboxylic acids is 1. The third kappa shape index (κ3) is 3.65. The number of rotatable bonds is 3. The molecule has 0 saturated carbocycles. The lowest BCUT2D eigenvalue weighted by Crippen LogP contribution is -2.38. The molecule has 1 aliphatic heterocycles. The van der Waals surface area contributed by atoms with Gasteiger partial charge in [0.1, 0.15) is 5.69 Å². The van der Waals surface area contributed by atoms with Crippen LogP contribution in [-0.2, 0) is 0 Å². The topological polar surface area (TPSA) is 45.2 Å². The molecule has 27 heavy (non-hydrogen) atoms. The van der Waals surface area contributed by atoms with E-state index in [1.807, 2.05) is 53.1 Å². The number of para-hydroxylation sites is 1. The van der Waals surface area contributed by atoms with Gasteiger partial charge < -0.3 is 10.2 Å². The van der Waals surface area contributed by atoms with Crippen molar-refractivity contribution in [1.82, 2.24) is 9.88 Å². The molecule has 1 aliphatic rings. The van der Waals surface area contributed by atoms with Gasteiger partial charge in [-0.1, -0.05) is 30.3 Å². The molecule has 138 valence electrons. The minimum absolute atomic E-state index is 0.0186. The Morgan fingerprint density at radius 1 is 1.04 bits per heavy atom. The molecule has 1 N–H and O–H groups in total. The summed E-state index contributed by atoms with van der Waals surface area (Å²) >= 11 is 1.90. The maximum Gasteiger partial charge on any atom is 0.272 e. The average molecular weight is 378 g/mol. The van der Waals surface area contributed by atoms with E-state index in [9.17, 15) is 4.79 Å². The van der Waals surface area contributed by atoms with E-state index in [0.717, 1.165) is 46.9 Å². The molecule has 4 rings (SSSR count). The molecule has 0 unspecified atom stereocenters. The van der Waals surface area contributed by atoms with Crippen LogP contribution in [0.4, 0.5) is 11.4 Å². The van der Waals surface area contributed by atoms with Gasteiger partial charge in [-0.15, -0.1) is 0 Å². The van der Waals surface area contributed by atoms with E-state index >= 15 is 0 Å². The number of aromatic nitrogens is 1. The number of fused-ring (bicyclic) bond motifs is 1. The van der Waals surface area contributed by atoms with Gasteiger partial charge in [0.25, 0.3) is 5.91 Å². The van der Waals surface area contributed by atoms with Crippen LogP contribution in [0.15, 0.2) is 48.5 Å². The lowest BCUT2D eigenvalue weighted by atomic mass is 10.1. The van der Waals surface area contributed by atoms with Crippen molar-refractivity contribution in [3.63, 3.8) is 0 Å². The fourth-order valence-electron chi connectivity index (χ4n) is 3.35. The van der Waals surface area contributed by atoms with Crippen molar-refractivity contribution in [3.05, 3.63) is 65.4 Å². The predicted octanol–water partition coefficient (Wildman–Crippen LogP) is 4.78. The number of nitrogens with one attached hydrogen (secondary N) is 1. The number of carbonyl (C=O) groups is 1. The fourth-order valence-corrected chi connectivity index (χ4v) is 4.25. The highest BCUT2D eigenvalue weighted by molar-refractivity contribution is 7.99. The molecule has 0 aliphatic carbocycles. The minimum atomic E-state index is 0.0186. The van der Waals surface area contributed by atoms with E-state index in [4.69, 9.17) is 0 Å². The Morgan fingerprint density at radius 2 is 1.81 bits per heavy atom. The van der Waals surface area contributed by atoms with Gasteiger partial charge in [-0.05, 0) is 43.2 Å². The van der Waals surface area contributed by atoms with Crippen LogP contribution >= 0.6 is 11.8 Å². The summed E-state index contributed by atoms with van der Waals surface area (Å²) in [6.07, 6.45) is 0. The second kappa shape index (κ2) is 7.61. The summed E-state index contributed by atoms with van der Waals surface area (Å²) in [4.78, 5) is 19.6. The van der Waals surface area contributed by atoms with Gasteiger partial charge in [-0.2, -0.15) is 11.8 Å². The summed E-state index contributed by atoms with van der Waals surface area (Å²) in [7, 11) is 0. The van der Waals surface area contributed by atoms with Gasteiger partial charge in [0.2, 0.25) is 0 Å². The number of hydrogen-bond acceptors (Lipinski definition) is 4. The van der Waals surface area contributed by atoms with Gasteiger partial charge >= 0.3 is 0 Å². The number of aryl methyl sites for hydroxylation is 1. The summed E-state index contributed by atoms with van der Waals surface area (Å²) in [5.41, 5.74) is 5.76. The van der Waals surface area contributed by atoms with Crippen LogP contribution in [0.25, 0.3) is 10.9 Å². The molecule has 2 aromatic carbocycles. The van der Waals surface area contributed by atoms with Gasteiger partial charge in [0.05, 0.1) is 11.2 Å².